The smallest absolute Gasteiger partial charge is 0.308 e. The number of carboxylic acids is 1. The first-order valence-corrected chi connectivity index (χ1v) is 5.42. The Balaban J connectivity index is 2.78. The molecule has 0 amide bonds. The van der Waals surface area contributed by atoms with Crippen LogP contribution in [0, 0.1) is 5.92 Å². The maximum absolute atomic E-state index is 10.6. The van der Waals surface area contributed by atoms with Crippen LogP contribution < -0.4 is 5.73 Å². The van der Waals surface area contributed by atoms with E-state index in [4.69, 9.17) is 10.8 Å². The lowest BCUT2D eigenvalue weighted by Gasteiger charge is -2.13. The van der Waals surface area contributed by atoms with E-state index >= 15 is 0 Å². The van der Waals surface area contributed by atoms with Gasteiger partial charge in [-0.2, -0.15) is 0 Å². The van der Waals surface area contributed by atoms with Gasteiger partial charge in [0.15, 0.2) is 0 Å². The molecule has 0 aromatic carbocycles. The lowest BCUT2D eigenvalue weighted by molar-refractivity contribution is -0.141. The van der Waals surface area contributed by atoms with E-state index < -0.39 is 17.9 Å². The van der Waals surface area contributed by atoms with Gasteiger partial charge in [-0.1, -0.05) is 6.92 Å². The molecule has 0 aliphatic carbocycles. The van der Waals surface area contributed by atoms with Crippen LogP contribution in [0.25, 0.3) is 0 Å². The lowest BCUT2D eigenvalue weighted by atomic mass is 10.0. The van der Waals surface area contributed by atoms with Crippen molar-refractivity contribution < 1.29 is 9.90 Å². The standard InChI is InChI=1S/C8H10BrNO2S/c1-4(8(11)12)7(10)6-2-5(9)3-13-6/h2-4,7H,10H2,1H3,(H,11,12). The van der Waals surface area contributed by atoms with Gasteiger partial charge in [0.05, 0.1) is 12.0 Å². The molecular weight excluding hydrogens is 254 g/mol. The molecule has 0 saturated carbocycles. The first kappa shape index (κ1) is 10.7. The van der Waals surface area contributed by atoms with Gasteiger partial charge in [-0.05, 0) is 22.0 Å². The van der Waals surface area contributed by atoms with Gasteiger partial charge in [0.1, 0.15) is 0 Å². The van der Waals surface area contributed by atoms with E-state index in [-0.39, 0.29) is 0 Å². The molecule has 1 rings (SSSR count). The number of nitrogens with two attached hydrogens (primary N) is 1. The molecule has 0 spiro atoms. The predicted molar refractivity (Wildman–Crippen MR) is 55.7 cm³/mol. The van der Waals surface area contributed by atoms with Crippen LogP contribution in [-0.4, -0.2) is 11.1 Å². The van der Waals surface area contributed by atoms with Crippen LogP contribution in [0.3, 0.4) is 0 Å². The maximum atomic E-state index is 10.6. The first-order valence-electron chi connectivity index (χ1n) is 3.74. The van der Waals surface area contributed by atoms with Gasteiger partial charge in [0.2, 0.25) is 0 Å². The Hall–Kier alpha value is -0.390. The fourth-order valence-electron chi connectivity index (χ4n) is 0.903. The van der Waals surface area contributed by atoms with Gasteiger partial charge in [-0.25, -0.2) is 0 Å². The molecule has 1 heterocycles. The molecule has 2 unspecified atom stereocenters. The number of thiophene rings is 1. The fraction of sp³-hybridized carbons (Fsp3) is 0.375. The van der Waals surface area contributed by atoms with Crippen LogP contribution in [0.1, 0.15) is 17.8 Å². The number of rotatable bonds is 3. The molecular formula is C8H10BrNO2S. The van der Waals surface area contributed by atoms with Crippen molar-refractivity contribution in [1.29, 1.82) is 0 Å². The van der Waals surface area contributed by atoms with Gasteiger partial charge >= 0.3 is 5.97 Å². The largest absolute Gasteiger partial charge is 0.481 e. The highest BCUT2D eigenvalue weighted by Gasteiger charge is 2.22. The van der Waals surface area contributed by atoms with Crippen LogP contribution in [0.5, 0.6) is 0 Å². The van der Waals surface area contributed by atoms with Crippen molar-refractivity contribution in [1.82, 2.24) is 0 Å². The van der Waals surface area contributed by atoms with Gasteiger partial charge in [0.25, 0.3) is 0 Å². The number of aliphatic carboxylic acids is 1. The molecule has 0 radical (unpaired) electrons. The van der Waals surface area contributed by atoms with Crippen LogP contribution in [-0.2, 0) is 4.79 Å². The molecule has 13 heavy (non-hydrogen) atoms. The maximum Gasteiger partial charge on any atom is 0.308 e. The van der Waals surface area contributed by atoms with Crippen molar-refractivity contribution in [2.75, 3.05) is 0 Å². The predicted octanol–water partition coefficient (Wildman–Crippen LogP) is 2.23. The molecule has 1 aromatic heterocycles. The van der Waals surface area contributed by atoms with Crippen LogP contribution >= 0.6 is 27.3 Å². The van der Waals surface area contributed by atoms with E-state index in [1.165, 1.54) is 11.3 Å². The summed E-state index contributed by atoms with van der Waals surface area (Å²) >= 11 is 4.76. The summed E-state index contributed by atoms with van der Waals surface area (Å²) in [5.74, 6) is -1.41. The van der Waals surface area contributed by atoms with E-state index in [1.807, 2.05) is 11.4 Å². The van der Waals surface area contributed by atoms with Gasteiger partial charge in [-0.3, -0.25) is 4.79 Å². The first-order chi connectivity index (χ1) is 6.02. The molecule has 72 valence electrons. The second kappa shape index (κ2) is 4.21. The Bertz CT molecular complexity index is 313. The highest BCUT2D eigenvalue weighted by atomic mass is 79.9. The van der Waals surface area contributed by atoms with Crippen molar-refractivity contribution in [3.8, 4) is 0 Å². The minimum atomic E-state index is -0.864. The third-order valence-electron chi connectivity index (χ3n) is 1.84. The molecule has 0 saturated heterocycles. The zero-order valence-electron chi connectivity index (χ0n) is 7.03. The number of carbonyl (C=O) groups is 1. The van der Waals surface area contributed by atoms with Gasteiger partial charge in [0, 0.05) is 14.7 Å². The molecule has 3 nitrogen and oxygen atoms in total. The summed E-state index contributed by atoms with van der Waals surface area (Å²) < 4.78 is 0.945. The number of carboxylic acid groups (broad SMARTS) is 1. The van der Waals surface area contributed by atoms with Crippen molar-refractivity contribution in [3.63, 3.8) is 0 Å². The van der Waals surface area contributed by atoms with Crippen LogP contribution in [0.15, 0.2) is 15.9 Å². The highest BCUT2D eigenvalue weighted by Crippen LogP contribution is 2.28. The zero-order valence-corrected chi connectivity index (χ0v) is 9.43. The van der Waals surface area contributed by atoms with E-state index in [0.717, 1.165) is 9.35 Å². The Labute approximate surface area is 88.7 Å². The van der Waals surface area contributed by atoms with Gasteiger partial charge < -0.3 is 10.8 Å². The average Bonchev–Trinajstić information content (AvgIpc) is 2.49. The van der Waals surface area contributed by atoms with Crippen molar-refractivity contribution in [3.05, 3.63) is 20.8 Å². The Kier molecular flexibility index (Phi) is 3.47. The van der Waals surface area contributed by atoms with E-state index in [2.05, 4.69) is 15.9 Å². The Morgan fingerprint density at radius 1 is 1.77 bits per heavy atom. The summed E-state index contributed by atoms with van der Waals surface area (Å²) in [5.41, 5.74) is 5.76. The lowest BCUT2D eigenvalue weighted by Crippen LogP contribution is -2.24. The summed E-state index contributed by atoms with van der Waals surface area (Å²) in [6.45, 7) is 1.61. The van der Waals surface area contributed by atoms with Gasteiger partial charge in [-0.15, -0.1) is 11.3 Å². The summed E-state index contributed by atoms with van der Waals surface area (Å²) in [6.07, 6.45) is 0. The molecule has 5 heteroatoms. The van der Waals surface area contributed by atoms with Crippen LogP contribution in [0.4, 0.5) is 0 Å². The van der Waals surface area contributed by atoms with Crippen molar-refractivity contribution >= 4 is 33.2 Å². The Morgan fingerprint density at radius 3 is 2.77 bits per heavy atom. The molecule has 0 aliphatic heterocycles. The topological polar surface area (TPSA) is 63.3 Å². The second-order valence-corrected chi connectivity index (χ2v) is 4.68. The molecule has 0 aliphatic rings. The van der Waals surface area contributed by atoms with Crippen molar-refractivity contribution in [2.45, 2.75) is 13.0 Å². The third-order valence-corrected chi connectivity index (χ3v) is 3.64. The van der Waals surface area contributed by atoms with Crippen LogP contribution in [0.2, 0.25) is 0 Å². The normalized spacial score (nSPS) is 15.3. The molecule has 0 fully saturated rings. The number of halogens is 1. The van der Waals surface area contributed by atoms with E-state index in [0.29, 0.717) is 0 Å². The average molecular weight is 264 g/mol. The SMILES string of the molecule is CC(C(=O)O)C(N)c1cc(Br)cs1. The summed E-state index contributed by atoms with van der Waals surface area (Å²) in [5, 5.41) is 10.6. The zero-order chi connectivity index (χ0) is 10.0. The number of hydrogen-bond donors (Lipinski definition) is 2. The highest BCUT2D eigenvalue weighted by molar-refractivity contribution is 9.10. The quantitative estimate of drug-likeness (QED) is 0.879. The Morgan fingerprint density at radius 2 is 2.38 bits per heavy atom. The molecule has 1 aromatic rings. The fourth-order valence-corrected chi connectivity index (χ4v) is 2.45. The summed E-state index contributed by atoms with van der Waals surface area (Å²) in [7, 11) is 0. The molecule has 3 N–H and O–H groups in total. The van der Waals surface area contributed by atoms with E-state index in [1.54, 1.807) is 6.92 Å². The molecule has 0 bridgehead atoms. The molecule has 2 atom stereocenters. The monoisotopic (exact) mass is 263 g/mol. The third kappa shape index (κ3) is 2.52. The second-order valence-electron chi connectivity index (χ2n) is 2.82. The summed E-state index contributed by atoms with van der Waals surface area (Å²) in [4.78, 5) is 11.5. The minimum absolute atomic E-state index is 0.422. The summed E-state index contributed by atoms with van der Waals surface area (Å²) in [6, 6.07) is 1.43. The van der Waals surface area contributed by atoms with E-state index in [9.17, 15) is 4.79 Å². The van der Waals surface area contributed by atoms with Crippen molar-refractivity contribution in [2.24, 2.45) is 11.7 Å². The number of hydrogen-bond acceptors (Lipinski definition) is 3. The minimum Gasteiger partial charge on any atom is -0.481 e.